The second-order valence-electron chi connectivity index (χ2n) is 4.52. The molecule has 2 rings (SSSR count). The molecule has 0 atom stereocenters. The van der Waals surface area contributed by atoms with E-state index < -0.39 is 0 Å². The van der Waals surface area contributed by atoms with Gasteiger partial charge in [-0.15, -0.1) is 0 Å². The third-order valence-corrected chi connectivity index (χ3v) is 2.91. The van der Waals surface area contributed by atoms with Crippen LogP contribution < -0.4 is 10.7 Å². The molecule has 0 aliphatic rings. The van der Waals surface area contributed by atoms with Crippen molar-refractivity contribution in [3.05, 3.63) is 59.7 Å². The number of aromatic hydroxyl groups is 1. The molecule has 5 nitrogen and oxygen atoms in total. The van der Waals surface area contributed by atoms with Gasteiger partial charge in [0, 0.05) is 11.3 Å². The van der Waals surface area contributed by atoms with Gasteiger partial charge in [-0.2, -0.15) is 5.10 Å². The Morgan fingerprint density at radius 2 is 1.90 bits per heavy atom. The van der Waals surface area contributed by atoms with Gasteiger partial charge in [0.25, 0.3) is 5.91 Å². The molecule has 0 aliphatic carbocycles. The van der Waals surface area contributed by atoms with Crippen LogP contribution in [-0.2, 0) is 4.79 Å². The average Bonchev–Trinajstić information content (AvgIpc) is 2.48. The lowest BCUT2D eigenvalue weighted by Gasteiger charge is -2.07. The molecule has 0 unspecified atom stereocenters. The topological polar surface area (TPSA) is 73.7 Å². The zero-order valence-corrected chi connectivity index (χ0v) is 11.7. The lowest BCUT2D eigenvalue weighted by atomic mass is 10.2. The summed E-state index contributed by atoms with van der Waals surface area (Å²) in [5.41, 5.74) is 4.94. The number of aryl methyl sites for hydroxylation is 1. The van der Waals surface area contributed by atoms with Crippen molar-refractivity contribution in [1.29, 1.82) is 0 Å². The lowest BCUT2D eigenvalue weighted by molar-refractivity contribution is -0.119. The summed E-state index contributed by atoms with van der Waals surface area (Å²) >= 11 is 0. The lowest BCUT2D eigenvalue weighted by Crippen LogP contribution is -2.26. The summed E-state index contributed by atoms with van der Waals surface area (Å²) in [5.74, 6) is -0.140. The Hall–Kier alpha value is -2.82. The fraction of sp³-hybridized carbons (Fsp3) is 0.125. The molecule has 2 aromatic carbocycles. The molecule has 5 heteroatoms. The van der Waals surface area contributed by atoms with Crippen LogP contribution in [0, 0.1) is 6.92 Å². The van der Waals surface area contributed by atoms with Crippen LogP contribution in [0.2, 0.25) is 0 Å². The zero-order valence-electron chi connectivity index (χ0n) is 11.7. The van der Waals surface area contributed by atoms with E-state index in [-0.39, 0.29) is 18.2 Å². The van der Waals surface area contributed by atoms with E-state index in [1.54, 1.807) is 24.3 Å². The minimum Gasteiger partial charge on any atom is -0.507 e. The number of benzene rings is 2. The van der Waals surface area contributed by atoms with Crippen molar-refractivity contribution in [3.63, 3.8) is 0 Å². The number of hydrogen-bond donors (Lipinski definition) is 3. The van der Waals surface area contributed by atoms with Crippen LogP contribution in [0.25, 0.3) is 0 Å². The van der Waals surface area contributed by atoms with Gasteiger partial charge in [0.15, 0.2) is 0 Å². The molecule has 0 radical (unpaired) electrons. The number of hydrazone groups is 1. The Bertz CT molecular complexity index is 653. The summed E-state index contributed by atoms with van der Waals surface area (Å²) in [6, 6.07) is 14.5. The summed E-state index contributed by atoms with van der Waals surface area (Å²) in [7, 11) is 0. The summed E-state index contributed by atoms with van der Waals surface area (Å²) in [6.07, 6.45) is 1.40. The van der Waals surface area contributed by atoms with Gasteiger partial charge in [0.2, 0.25) is 0 Å². The molecular formula is C16H17N3O2. The Morgan fingerprint density at radius 3 is 2.67 bits per heavy atom. The summed E-state index contributed by atoms with van der Waals surface area (Å²) in [5, 5.41) is 16.4. The number of nitrogens with zero attached hydrogens (tertiary/aromatic N) is 1. The van der Waals surface area contributed by atoms with Gasteiger partial charge in [-0.25, -0.2) is 5.43 Å². The Balaban J connectivity index is 1.83. The normalized spacial score (nSPS) is 10.5. The van der Waals surface area contributed by atoms with Gasteiger partial charge < -0.3 is 10.4 Å². The van der Waals surface area contributed by atoms with Crippen LogP contribution in [0.3, 0.4) is 0 Å². The highest BCUT2D eigenvalue weighted by Crippen LogP contribution is 2.13. The average molecular weight is 283 g/mol. The van der Waals surface area contributed by atoms with Gasteiger partial charge in [0.1, 0.15) is 5.75 Å². The number of rotatable bonds is 5. The van der Waals surface area contributed by atoms with Crippen molar-refractivity contribution in [2.75, 3.05) is 11.9 Å². The molecule has 3 N–H and O–H groups in total. The SMILES string of the molecule is Cc1ccccc1NCC(=O)N/N=C\c1ccccc1O. The highest BCUT2D eigenvalue weighted by Gasteiger charge is 2.01. The quantitative estimate of drug-likeness (QED) is 0.582. The van der Waals surface area contributed by atoms with E-state index in [0.717, 1.165) is 11.3 Å². The summed E-state index contributed by atoms with van der Waals surface area (Å²) in [4.78, 5) is 11.7. The molecule has 0 fully saturated rings. The number of phenols is 1. The van der Waals surface area contributed by atoms with Gasteiger partial charge in [0.05, 0.1) is 12.8 Å². The van der Waals surface area contributed by atoms with Crippen LogP contribution in [0.15, 0.2) is 53.6 Å². The second kappa shape index (κ2) is 7.09. The van der Waals surface area contributed by atoms with Crippen LogP contribution >= 0.6 is 0 Å². The number of nitrogens with one attached hydrogen (secondary N) is 2. The first-order valence-electron chi connectivity index (χ1n) is 6.56. The predicted molar refractivity (Wildman–Crippen MR) is 83.5 cm³/mol. The van der Waals surface area contributed by atoms with E-state index in [9.17, 15) is 9.90 Å². The molecular weight excluding hydrogens is 266 g/mol. The van der Waals surface area contributed by atoms with E-state index >= 15 is 0 Å². The minimum absolute atomic E-state index is 0.119. The van der Waals surface area contributed by atoms with E-state index in [4.69, 9.17) is 0 Å². The number of para-hydroxylation sites is 2. The van der Waals surface area contributed by atoms with Gasteiger partial charge in [-0.3, -0.25) is 4.79 Å². The van der Waals surface area contributed by atoms with E-state index in [1.165, 1.54) is 6.21 Å². The predicted octanol–water partition coefficient (Wildman–Crippen LogP) is 2.26. The smallest absolute Gasteiger partial charge is 0.259 e. The highest BCUT2D eigenvalue weighted by atomic mass is 16.3. The van der Waals surface area contributed by atoms with Crippen LogP contribution in [0.1, 0.15) is 11.1 Å². The maximum absolute atomic E-state index is 11.7. The van der Waals surface area contributed by atoms with Crippen molar-refractivity contribution >= 4 is 17.8 Å². The van der Waals surface area contributed by atoms with Crippen LogP contribution in [-0.4, -0.2) is 23.8 Å². The molecule has 0 spiro atoms. The molecule has 2 aromatic rings. The number of hydrogen-bond acceptors (Lipinski definition) is 4. The molecule has 0 aromatic heterocycles. The first-order chi connectivity index (χ1) is 10.2. The fourth-order valence-electron chi connectivity index (χ4n) is 1.76. The third-order valence-electron chi connectivity index (χ3n) is 2.91. The van der Waals surface area contributed by atoms with Crippen molar-refractivity contribution < 1.29 is 9.90 Å². The van der Waals surface area contributed by atoms with Crippen molar-refractivity contribution in [2.45, 2.75) is 6.92 Å². The number of carbonyl (C=O) groups is 1. The number of anilines is 1. The summed E-state index contributed by atoms with van der Waals surface area (Å²) in [6.45, 7) is 2.10. The van der Waals surface area contributed by atoms with E-state index in [1.807, 2.05) is 31.2 Å². The number of amides is 1. The molecule has 0 heterocycles. The standard InChI is InChI=1S/C16H17N3O2/c1-12-6-2-4-8-14(12)17-11-16(21)19-18-10-13-7-3-5-9-15(13)20/h2-10,17,20H,11H2,1H3,(H,19,21)/b18-10-. The third kappa shape index (κ3) is 4.35. The maximum Gasteiger partial charge on any atom is 0.259 e. The van der Waals surface area contributed by atoms with Crippen molar-refractivity contribution in [2.24, 2.45) is 5.10 Å². The first kappa shape index (κ1) is 14.6. The monoisotopic (exact) mass is 283 g/mol. The number of phenolic OH excluding ortho intramolecular Hbond substituents is 1. The second-order valence-corrected chi connectivity index (χ2v) is 4.52. The fourth-order valence-corrected chi connectivity index (χ4v) is 1.76. The summed E-state index contributed by atoms with van der Waals surface area (Å²) < 4.78 is 0. The first-order valence-corrected chi connectivity index (χ1v) is 6.56. The maximum atomic E-state index is 11.7. The molecule has 21 heavy (non-hydrogen) atoms. The van der Waals surface area contributed by atoms with Gasteiger partial charge in [-0.05, 0) is 30.7 Å². The molecule has 0 saturated carbocycles. The Labute approximate surface area is 123 Å². The Kier molecular flexibility index (Phi) is 4.93. The molecule has 108 valence electrons. The molecule has 1 amide bonds. The number of carbonyl (C=O) groups excluding carboxylic acids is 1. The van der Waals surface area contributed by atoms with Gasteiger partial charge in [-0.1, -0.05) is 30.3 Å². The van der Waals surface area contributed by atoms with Crippen molar-refractivity contribution in [3.8, 4) is 5.75 Å². The Morgan fingerprint density at radius 1 is 1.19 bits per heavy atom. The minimum atomic E-state index is -0.259. The highest BCUT2D eigenvalue weighted by molar-refractivity contribution is 5.86. The van der Waals surface area contributed by atoms with E-state index in [0.29, 0.717) is 5.56 Å². The van der Waals surface area contributed by atoms with Crippen LogP contribution in [0.5, 0.6) is 5.75 Å². The molecule has 0 bridgehead atoms. The molecule has 0 aliphatic heterocycles. The molecule has 0 saturated heterocycles. The van der Waals surface area contributed by atoms with Crippen molar-refractivity contribution in [1.82, 2.24) is 5.43 Å². The van der Waals surface area contributed by atoms with E-state index in [2.05, 4.69) is 15.8 Å². The zero-order chi connectivity index (χ0) is 15.1. The largest absolute Gasteiger partial charge is 0.507 e. The van der Waals surface area contributed by atoms with Crippen LogP contribution in [0.4, 0.5) is 5.69 Å². The van der Waals surface area contributed by atoms with Gasteiger partial charge >= 0.3 is 0 Å².